The zero-order valence-corrected chi connectivity index (χ0v) is 15.8. The number of carbonyl (C=O) groups is 1. The van der Waals surface area contributed by atoms with Gasteiger partial charge in [-0.15, -0.1) is 0 Å². The zero-order valence-electron chi connectivity index (χ0n) is 15.1. The molecule has 6 heteroatoms. The first kappa shape index (κ1) is 18.7. The minimum Gasteiger partial charge on any atom is -0.491 e. The second-order valence-electron chi connectivity index (χ2n) is 6.18. The van der Waals surface area contributed by atoms with Crippen LogP contribution in [0.25, 0.3) is 0 Å². The Labute approximate surface area is 163 Å². The van der Waals surface area contributed by atoms with E-state index in [1.165, 1.54) is 0 Å². The van der Waals surface area contributed by atoms with Crippen molar-refractivity contribution in [2.45, 2.75) is 20.0 Å². The number of benzene rings is 2. The Morgan fingerprint density at radius 3 is 2.33 bits per heavy atom. The van der Waals surface area contributed by atoms with Crippen molar-refractivity contribution in [3.05, 3.63) is 77.4 Å². The number of aromatic nitrogens is 1. The molecule has 27 heavy (non-hydrogen) atoms. The summed E-state index contributed by atoms with van der Waals surface area (Å²) in [5.41, 5.74) is 2.14. The summed E-state index contributed by atoms with van der Waals surface area (Å²) in [7, 11) is 0. The molecule has 1 aromatic heterocycles. The predicted octanol–water partition coefficient (Wildman–Crippen LogP) is 5.52. The highest BCUT2D eigenvalue weighted by Crippen LogP contribution is 2.21. The van der Waals surface area contributed by atoms with Crippen molar-refractivity contribution in [2.75, 3.05) is 10.6 Å². The van der Waals surface area contributed by atoms with Gasteiger partial charge in [0.05, 0.1) is 28.6 Å². The molecule has 0 aliphatic carbocycles. The van der Waals surface area contributed by atoms with Crippen molar-refractivity contribution in [1.82, 2.24) is 4.98 Å². The molecule has 138 valence electrons. The predicted molar refractivity (Wildman–Crippen MR) is 109 cm³/mol. The average Bonchev–Trinajstić information content (AvgIpc) is 2.65. The molecule has 3 aromatic rings. The van der Waals surface area contributed by atoms with Gasteiger partial charge in [0.25, 0.3) is 5.91 Å². The first-order valence-electron chi connectivity index (χ1n) is 8.57. The maximum absolute atomic E-state index is 12.3. The Bertz CT molecular complexity index is 909. The third kappa shape index (κ3) is 5.21. The number of anilines is 3. The number of ether oxygens (including phenoxy) is 1. The first-order chi connectivity index (χ1) is 13.0. The monoisotopic (exact) mass is 381 g/mol. The molecule has 1 heterocycles. The summed E-state index contributed by atoms with van der Waals surface area (Å²) >= 11 is 6.04. The molecule has 0 radical (unpaired) electrons. The molecule has 0 saturated heterocycles. The summed E-state index contributed by atoms with van der Waals surface area (Å²) in [4.78, 5) is 16.5. The minimum absolute atomic E-state index is 0.140. The Morgan fingerprint density at radius 1 is 1.00 bits per heavy atom. The van der Waals surface area contributed by atoms with Crippen molar-refractivity contribution >= 4 is 34.7 Å². The molecule has 3 rings (SSSR count). The lowest BCUT2D eigenvalue weighted by Gasteiger charge is -2.11. The minimum atomic E-state index is -0.297. The van der Waals surface area contributed by atoms with E-state index in [2.05, 4.69) is 15.6 Å². The highest BCUT2D eigenvalue weighted by Gasteiger charge is 2.10. The molecular weight excluding hydrogens is 362 g/mol. The van der Waals surface area contributed by atoms with E-state index >= 15 is 0 Å². The highest BCUT2D eigenvalue weighted by molar-refractivity contribution is 6.34. The lowest BCUT2D eigenvalue weighted by Crippen LogP contribution is -2.13. The molecule has 0 saturated carbocycles. The molecule has 2 N–H and O–H groups in total. The van der Waals surface area contributed by atoms with Crippen molar-refractivity contribution in [3.8, 4) is 5.75 Å². The normalized spacial score (nSPS) is 10.5. The van der Waals surface area contributed by atoms with Crippen LogP contribution in [-0.4, -0.2) is 17.0 Å². The second-order valence-corrected chi connectivity index (χ2v) is 6.59. The van der Waals surface area contributed by atoms with Crippen LogP contribution in [0.4, 0.5) is 17.2 Å². The fraction of sp³-hybridized carbons (Fsp3) is 0.143. The first-order valence-corrected chi connectivity index (χ1v) is 8.95. The molecule has 0 aliphatic heterocycles. The van der Waals surface area contributed by atoms with Crippen LogP contribution < -0.4 is 15.4 Å². The summed E-state index contributed by atoms with van der Waals surface area (Å²) < 4.78 is 5.63. The Hall–Kier alpha value is -3.05. The quantitative estimate of drug-likeness (QED) is 0.590. The van der Waals surface area contributed by atoms with E-state index in [1.807, 2.05) is 44.2 Å². The number of nitrogens with zero attached hydrogens (tertiary/aromatic N) is 1. The molecular formula is C21H20ClN3O2. The number of rotatable bonds is 6. The Kier molecular flexibility index (Phi) is 5.94. The summed E-state index contributed by atoms with van der Waals surface area (Å²) in [5, 5.41) is 6.39. The van der Waals surface area contributed by atoms with E-state index in [0.717, 1.165) is 17.1 Å². The van der Waals surface area contributed by atoms with Gasteiger partial charge in [-0.1, -0.05) is 23.7 Å². The van der Waals surface area contributed by atoms with Crippen LogP contribution in [0.1, 0.15) is 24.2 Å². The van der Waals surface area contributed by atoms with Crippen LogP contribution in [0.15, 0.2) is 66.9 Å². The van der Waals surface area contributed by atoms with Gasteiger partial charge in [-0.05, 0) is 62.4 Å². The maximum atomic E-state index is 12.3. The smallest absolute Gasteiger partial charge is 0.258 e. The summed E-state index contributed by atoms with van der Waals surface area (Å²) in [6, 6.07) is 18.1. The molecule has 0 aliphatic rings. The zero-order chi connectivity index (χ0) is 19.2. The fourth-order valence-electron chi connectivity index (χ4n) is 2.43. The fourth-order valence-corrected chi connectivity index (χ4v) is 2.65. The second kappa shape index (κ2) is 8.56. The molecule has 2 aromatic carbocycles. The molecule has 0 fully saturated rings. The number of carbonyl (C=O) groups excluding carboxylic acids is 1. The molecule has 0 bridgehead atoms. The largest absolute Gasteiger partial charge is 0.491 e. The number of halogens is 1. The van der Waals surface area contributed by atoms with E-state index in [9.17, 15) is 4.79 Å². The molecule has 0 atom stereocenters. The van der Waals surface area contributed by atoms with Gasteiger partial charge in [0.15, 0.2) is 0 Å². The molecule has 5 nitrogen and oxygen atoms in total. The maximum Gasteiger partial charge on any atom is 0.258 e. The standard InChI is InChI=1S/C21H20ClN3O2/c1-14(2)27-17-10-7-15(8-11-17)24-16-9-12-20(23-13-16)25-21(26)18-5-3-4-6-19(18)22/h3-14,24H,1-2H3,(H,23,25,26). The van der Waals surface area contributed by atoms with Gasteiger partial charge in [0, 0.05) is 5.69 Å². The van der Waals surface area contributed by atoms with Gasteiger partial charge in [0.2, 0.25) is 0 Å². The number of hydrogen-bond donors (Lipinski definition) is 2. The van der Waals surface area contributed by atoms with Crippen LogP contribution in [0.5, 0.6) is 5.75 Å². The number of pyridine rings is 1. The third-order valence-corrected chi connectivity index (χ3v) is 3.97. The number of amides is 1. The lowest BCUT2D eigenvalue weighted by atomic mass is 10.2. The van der Waals surface area contributed by atoms with E-state index in [0.29, 0.717) is 16.4 Å². The van der Waals surface area contributed by atoms with Gasteiger partial charge in [-0.3, -0.25) is 4.79 Å². The SMILES string of the molecule is CC(C)Oc1ccc(Nc2ccc(NC(=O)c3ccccc3Cl)nc2)cc1. The van der Waals surface area contributed by atoms with E-state index in [4.69, 9.17) is 16.3 Å². The van der Waals surface area contributed by atoms with Crippen molar-refractivity contribution in [1.29, 1.82) is 0 Å². The number of hydrogen-bond acceptors (Lipinski definition) is 4. The van der Waals surface area contributed by atoms with Gasteiger partial charge in [-0.25, -0.2) is 4.98 Å². The topological polar surface area (TPSA) is 63.2 Å². The molecule has 0 unspecified atom stereocenters. The van der Waals surface area contributed by atoms with Crippen LogP contribution in [0.3, 0.4) is 0 Å². The van der Waals surface area contributed by atoms with Gasteiger partial charge >= 0.3 is 0 Å². The van der Waals surface area contributed by atoms with Crippen molar-refractivity contribution in [2.24, 2.45) is 0 Å². The Balaban J connectivity index is 1.62. The molecule has 1 amide bonds. The van der Waals surface area contributed by atoms with E-state index in [1.54, 1.807) is 36.5 Å². The van der Waals surface area contributed by atoms with Crippen molar-refractivity contribution < 1.29 is 9.53 Å². The van der Waals surface area contributed by atoms with Crippen molar-refractivity contribution in [3.63, 3.8) is 0 Å². The van der Waals surface area contributed by atoms with Crippen LogP contribution in [0.2, 0.25) is 5.02 Å². The lowest BCUT2D eigenvalue weighted by molar-refractivity contribution is 0.102. The number of nitrogens with one attached hydrogen (secondary N) is 2. The molecule has 0 spiro atoms. The average molecular weight is 382 g/mol. The summed E-state index contributed by atoms with van der Waals surface area (Å²) in [5.74, 6) is 0.979. The third-order valence-electron chi connectivity index (χ3n) is 3.64. The van der Waals surface area contributed by atoms with Crippen LogP contribution in [-0.2, 0) is 0 Å². The van der Waals surface area contributed by atoms with Gasteiger partial charge < -0.3 is 15.4 Å². The van der Waals surface area contributed by atoms with Gasteiger partial charge in [-0.2, -0.15) is 0 Å². The Morgan fingerprint density at radius 2 is 1.70 bits per heavy atom. The summed E-state index contributed by atoms with van der Waals surface area (Å²) in [6.07, 6.45) is 1.79. The van der Waals surface area contributed by atoms with E-state index < -0.39 is 0 Å². The summed E-state index contributed by atoms with van der Waals surface area (Å²) in [6.45, 7) is 3.98. The van der Waals surface area contributed by atoms with Gasteiger partial charge in [0.1, 0.15) is 11.6 Å². The van der Waals surface area contributed by atoms with E-state index in [-0.39, 0.29) is 12.0 Å². The van der Waals surface area contributed by atoms with Crippen LogP contribution in [0, 0.1) is 0 Å². The highest BCUT2D eigenvalue weighted by atomic mass is 35.5. The van der Waals surface area contributed by atoms with Crippen LogP contribution >= 0.6 is 11.6 Å².